The van der Waals surface area contributed by atoms with Crippen LogP contribution in [0.25, 0.3) is 11.1 Å². The fraction of sp³-hybridized carbons (Fsp3) is 0.300. The van der Waals surface area contributed by atoms with Crippen LogP contribution in [0.5, 0.6) is 0 Å². The van der Waals surface area contributed by atoms with E-state index in [-0.39, 0.29) is 0 Å². The number of rotatable bonds is 1. The predicted octanol–water partition coefficient (Wildman–Crippen LogP) is 2.70. The first-order chi connectivity index (χ1) is 5.81. The smallest absolute Gasteiger partial charge is 0.195 e. The number of benzene rings is 1. The highest BCUT2D eigenvalue weighted by Gasteiger charge is 2.04. The van der Waals surface area contributed by atoms with Crippen LogP contribution in [-0.2, 0) is 6.42 Å². The largest absolute Gasteiger partial charge is 0.440 e. The minimum Gasteiger partial charge on any atom is -0.440 e. The zero-order chi connectivity index (χ0) is 8.55. The Morgan fingerprint density at radius 1 is 1.42 bits per heavy atom. The van der Waals surface area contributed by atoms with E-state index in [0.29, 0.717) is 0 Å². The number of aromatic nitrogens is 1. The second-order valence-electron chi connectivity index (χ2n) is 2.88. The Balaban J connectivity index is 2.74. The zero-order valence-corrected chi connectivity index (χ0v) is 7.29. The van der Waals surface area contributed by atoms with Crippen LogP contribution < -0.4 is 0 Å². The topological polar surface area (TPSA) is 26.0 Å². The van der Waals surface area contributed by atoms with Crippen LogP contribution in [0.4, 0.5) is 0 Å². The molecule has 62 valence electrons. The van der Waals surface area contributed by atoms with Gasteiger partial charge < -0.3 is 4.42 Å². The van der Waals surface area contributed by atoms with Crippen LogP contribution in [0, 0.1) is 6.92 Å². The molecule has 0 aliphatic rings. The summed E-state index contributed by atoms with van der Waals surface area (Å²) in [5.41, 5.74) is 3.04. The Labute approximate surface area is 71.2 Å². The third-order valence-electron chi connectivity index (χ3n) is 1.96. The summed E-state index contributed by atoms with van der Waals surface area (Å²) < 4.78 is 5.54. The summed E-state index contributed by atoms with van der Waals surface area (Å²) in [5, 5.41) is 0. The Bertz CT molecular complexity index is 403. The summed E-state index contributed by atoms with van der Waals surface area (Å²) in [5.74, 6) is 0.819. The van der Waals surface area contributed by atoms with Crippen LogP contribution >= 0.6 is 0 Å². The molecule has 1 heterocycles. The average molecular weight is 161 g/mol. The molecule has 2 heteroatoms. The van der Waals surface area contributed by atoms with Gasteiger partial charge in [-0.2, -0.15) is 0 Å². The quantitative estimate of drug-likeness (QED) is 0.642. The van der Waals surface area contributed by atoms with E-state index in [1.54, 1.807) is 0 Å². The van der Waals surface area contributed by atoms with Gasteiger partial charge in [0, 0.05) is 6.42 Å². The molecule has 0 spiro atoms. The first-order valence-corrected chi connectivity index (χ1v) is 4.16. The molecule has 0 saturated carbocycles. The molecule has 0 atom stereocenters. The Morgan fingerprint density at radius 2 is 2.25 bits per heavy atom. The summed E-state index contributed by atoms with van der Waals surface area (Å²) in [7, 11) is 0. The van der Waals surface area contributed by atoms with Crippen molar-refractivity contribution in [2.24, 2.45) is 0 Å². The van der Waals surface area contributed by atoms with Crippen molar-refractivity contribution in [3.05, 3.63) is 29.7 Å². The molecule has 2 rings (SSSR count). The minimum atomic E-state index is 0.819. The molecular formula is C10H11NO. The summed E-state index contributed by atoms with van der Waals surface area (Å²) in [4.78, 5) is 4.33. The van der Waals surface area contributed by atoms with Crippen molar-refractivity contribution in [1.82, 2.24) is 4.98 Å². The lowest BCUT2D eigenvalue weighted by molar-refractivity contribution is 0.536. The van der Waals surface area contributed by atoms with Gasteiger partial charge in [-0.15, -0.1) is 0 Å². The Hall–Kier alpha value is -1.31. The van der Waals surface area contributed by atoms with Crippen molar-refractivity contribution in [2.75, 3.05) is 0 Å². The number of hydrogen-bond acceptors (Lipinski definition) is 2. The zero-order valence-electron chi connectivity index (χ0n) is 7.29. The molecule has 1 aromatic carbocycles. The Morgan fingerprint density at radius 3 is 2.92 bits per heavy atom. The van der Waals surface area contributed by atoms with E-state index in [0.717, 1.165) is 29.0 Å². The number of nitrogens with zero attached hydrogens (tertiary/aromatic N) is 1. The van der Waals surface area contributed by atoms with Crippen LogP contribution in [-0.4, -0.2) is 4.98 Å². The van der Waals surface area contributed by atoms with Crippen molar-refractivity contribution >= 4 is 11.1 Å². The fourth-order valence-electron chi connectivity index (χ4n) is 1.28. The fourth-order valence-corrected chi connectivity index (χ4v) is 1.28. The van der Waals surface area contributed by atoms with Gasteiger partial charge in [0.2, 0.25) is 0 Å². The molecule has 1 aromatic heterocycles. The van der Waals surface area contributed by atoms with E-state index in [2.05, 4.69) is 4.98 Å². The highest BCUT2D eigenvalue weighted by Crippen LogP contribution is 2.18. The molecule has 0 aliphatic heterocycles. The van der Waals surface area contributed by atoms with E-state index in [9.17, 15) is 0 Å². The second-order valence-corrected chi connectivity index (χ2v) is 2.88. The Kier molecular flexibility index (Phi) is 1.61. The number of para-hydroxylation sites is 1. The monoisotopic (exact) mass is 161 g/mol. The minimum absolute atomic E-state index is 0.819. The maximum Gasteiger partial charge on any atom is 0.195 e. The molecule has 0 amide bonds. The van der Waals surface area contributed by atoms with Crippen molar-refractivity contribution in [2.45, 2.75) is 20.3 Å². The van der Waals surface area contributed by atoms with E-state index >= 15 is 0 Å². The van der Waals surface area contributed by atoms with Gasteiger partial charge in [-0.05, 0) is 18.6 Å². The van der Waals surface area contributed by atoms with Crippen molar-refractivity contribution in [3.8, 4) is 0 Å². The normalized spacial score (nSPS) is 10.8. The lowest BCUT2D eigenvalue weighted by Gasteiger charge is -1.89. The third-order valence-corrected chi connectivity index (χ3v) is 1.96. The van der Waals surface area contributed by atoms with E-state index < -0.39 is 0 Å². The highest BCUT2D eigenvalue weighted by atomic mass is 16.3. The van der Waals surface area contributed by atoms with Gasteiger partial charge >= 0.3 is 0 Å². The maximum absolute atomic E-state index is 5.54. The highest BCUT2D eigenvalue weighted by molar-refractivity contribution is 5.75. The first-order valence-electron chi connectivity index (χ1n) is 4.16. The van der Waals surface area contributed by atoms with Crippen LogP contribution in [0.3, 0.4) is 0 Å². The summed E-state index contributed by atoms with van der Waals surface area (Å²) in [6, 6.07) is 6.01. The van der Waals surface area contributed by atoms with Gasteiger partial charge in [0.15, 0.2) is 11.5 Å². The second kappa shape index (κ2) is 2.63. The van der Waals surface area contributed by atoms with Gasteiger partial charge in [-0.25, -0.2) is 4.98 Å². The maximum atomic E-state index is 5.54. The van der Waals surface area contributed by atoms with Crippen LogP contribution in [0.2, 0.25) is 0 Å². The van der Waals surface area contributed by atoms with Crippen LogP contribution in [0.1, 0.15) is 18.4 Å². The molecule has 0 bridgehead atoms. The van der Waals surface area contributed by atoms with Crippen molar-refractivity contribution in [1.29, 1.82) is 0 Å². The lowest BCUT2D eigenvalue weighted by Crippen LogP contribution is -1.74. The molecule has 0 N–H and O–H groups in total. The number of oxazole rings is 1. The molecule has 2 aromatic rings. The third kappa shape index (κ3) is 0.998. The average Bonchev–Trinajstić information content (AvgIpc) is 2.49. The SMILES string of the molecule is CCc1nc2cccc(C)c2o1. The van der Waals surface area contributed by atoms with Crippen LogP contribution in [0.15, 0.2) is 22.6 Å². The number of fused-ring (bicyclic) bond motifs is 1. The van der Waals surface area contributed by atoms with E-state index in [1.807, 2.05) is 32.0 Å². The van der Waals surface area contributed by atoms with E-state index in [4.69, 9.17) is 4.42 Å². The van der Waals surface area contributed by atoms with Gasteiger partial charge in [0.25, 0.3) is 0 Å². The number of hydrogen-bond donors (Lipinski definition) is 0. The van der Waals surface area contributed by atoms with Gasteiger partial charge in [0.1, 0.15) is 5.52 Å². The molecule has 0 aliphatic carbocycles. The molecule has 0 fully saturated rings. The van der Waals surface area contributed by atoms with Gasteiger partial charge in [-0.1, -0.05) is 19.1 Å². The molecule has 12 heavy (non-hydrogen) atoms. The van der Waals surface area contributed by atoms with Crippen molar-refractivity contribution < 1.29 is 4.42 Å². The summed E-state index contributed by atoms with van der Waals surface area (Å²) in [6.45, 7) is 4.08. The van der Waals surface area contributed by atoms with Gasteiger partial charge in [-0.3, -0.25) is 0 Å². The molecule has 0 unspecified atom stereocenters. The molecule has 0 radical (unpaired) electrons. The molecule has 0 saturated heterocycles. The molecular weight excluding hydrogens is 150 g/mol. The standard InChI is InChI=1S/C10H11NO/c1-3-9-11-8-6-4-5-7(2)10(8)12-9/h4-6H,3H2,1-2H3. The first kappa shape index (κ1) is 7.35. The van der Waals surface area contributed by atoms with Crippen molar-refractivity contribution in [3.63, 3.8) is 0 Å². The number of aryl methyl sites for hydroxylation is 2. The summed E-state index contributed by atoms with van der Waals surface area (Å²) >= 11 is 0. The van der Waals surface area contributed by atoms with E-state index in [1.165, 1.54) is 0 Å². The predicted molar refractivity (Wildman–Crippen MR) is 48.1 cm³/mol. The molecule has 2 nitrogen and oxygen atoms in total. The van der Waals surface area contributed by atoms with Gasteiger partial charge in [0.05, 0.1) is 0 Å². The lowest BCUT2D eigenvalue weighted by atomic mass is 10.2. The summed E-state index contributed by atoms with van der Waals surface area (Å²) in [6.07, 6.45) is 0.855.